The van der Waals surface area contributed by atoms with Crippen LogP contribution in [0.3, 0.4) is 0 Å². The zero-order valence-corrected chi connectivity index (χ0v) is 33.8. The predicted molar refractivity (Wildman–Crippen MR) is 200 cm³/mol. The van der Waals surface area contributed by atoms with Gasteiger partial charge in [-0.1, -0.05) is 80.9 Å². The largest absolute Gasteiger partial charge is 0.506 e. The fourth-order valence-electron chi connectivity index (χ4n) is 12.6. The summed E-state index contributed by atoms with van der Waals surface area (Å²) < 4.78 is 21.7. The minimum Gasteiger partial charge on any atom is -0.450 e. The van der Waals surface area contributed by atoms with Crippen LogP contribution in [0.15, 0.2) is 18.0 Å². The molecule has 4 N–H and O–H groups in total. The molecule has 4 aliphatic carbocycles. The zero-order valence-electron chi connectivity index (χ0n) is 33.8. The van der Waals surface area contributed by atoms with E-state index >= 15 is 0 Å². The molecule has 5 aliphatic rings. The number of rotatable bonds is 11. The van der Waals surface area contributed by atoms with E-state index in [0.717, 1.165) is 38.6 Å². The molecule has 292 valence electrons. The number of likely N-dealkylation sites (N-methyl/N-ethyl adjacent to an activating group) is 1. The summed E-state index contributed by atoms with van der Waals surface area (Å²) in [6.45, 7) is 27.3. The van der Waals surface area contributed by atoms with E-state index in [-0.39, 0.29) is 62.9 Å². The third-order valence-electron chi connectivity index (χ3n) is 16.5. The SMILES string of the molecule is CCN[C@@](C)(CO[C@H]1[C@H](n2ncnc2C(N)=O)C[C@@]23COC[C@]1(C)[C@@H]2CC[C@H]1C3=CC[C@]2(C)[C@H](OC(=O)O)[C@@](C)([C@H](C)C(C)C)CC[C@]12C)C(C)C. The minimum atomic E-state index is -1.19. The number of hydrogen-bond donors (Lipinski definition) is 3. The van der Waals surface area contributed by atoms with Crippen LogP contribution in [0, 0.1) is 56.7 Å². The fraction of sp³-hybridized carbons (Fsp3) is 0.854. The lowest BCUT2D eigenvalue weighted by molar-refractivity contribution is -0.257. The highest BCUT2D eigenvalue weighted by Gasteiger charge is 2.72. The van der Waals surface area contributed by atoms with E-state index in [2.05, 4.69) is 97.6 Å². The summed E-state index contributed by atoms with van der Waals surface area (Å²) in [6, 6.07) is -0.293. The third kappa shape index (κ3) is 5.59. The molecule has 0 radical (unpaired) electrons. The molecule has 1 aliphatic heterocycles. The van der Waals surface area contributed by atoms with Crippen molar-refractivity contribution < 1.29 is 28.9 Å². The molecule has 11 nitrogen and oxygen atoms in total. The Balaban J connectivity index is 1.46. The van der Waals surface area contributed by atoms with Gasteiger partial charge in [0.2, 0.25) is 5.82 Å². The van der Waals surface area contributed by atoms with Crippen molar-refractivity contribution in [3.05, 3.63) is 23.8 Å². The Morgan fingerprint density at radius 2 is 1.83 bits per heavy atom. The summed E-state index contributed by atoms with van der Waals surface area (Å²) in [6.07, 6.45) is 7.33. The summed E-state index contributed by atoms with van der Waals surface area (Å²) in [5.74, 6) is 1.07. The lowest BCUT2D eigenvalue weighted by Crippen LogP contribution is -2.70. The molecule has 1 saturated heterocycles. The third-order valence-corrected chi connectivity index (χ3v) is 16.5. The van der Waals surface area contributed by atoms with Crippen molar-refractivity contribution in [2.75, 3.05) is 26.4 Å². The number of carbonyl (C=O) groups is 2. The van der Waals surface area contributed by atoms with E-state index in [4.69, 9.17) is 19.9 Å². The second kappa shape index (κ2) is 13.4. The number of nitrogens with zero attached hydrogens (tertiary/aromatic N) is 3. The van der Waals surface area contributed by atoms with Crippen molar-refractivity contribution in [2.24, 2.45) is 62.4 Å². The first-order chi connectivity index (χ1) is 24.3. The number of carbonyl (C=O) groups excluding carboxylic acids is 1. The number of nitrogens with two attached hydrogens (primary N) is 1. The number of aromatic nitrogens is 3. The van der Waals surface area contributed by atoms with Crippen LogP contribution < -0.4 is 11.1 Å². The van der Waals surface area contributed by atoms with E-state index < -0.39 is 23.6 Å². The topological polar surface area (TPSA) is 151 Å². The summed E-state index contributed by atoms with van der Waals surface area (Å²) in [5, 5.41) is 18.5. The van der Waals surface area contributed by atoms with Crippen LogP contribution in [0.25, 0.3) is 0 Å². The molecule has 1 aromatic rings. The Labute approximate surface area is 311 Å². The Morgan fingerprint density at radius 1 is 1.12 bits per heavy atom. The van der Waals surface area contributed by atoms with Crippen LogP contribution in [-0.2, 0) is 14.2 Å². The summed E-state index contributed by atoms with van der Waals surface area (Å²) in [5.41, 5.74) is 5.54. The van der Waals surface area contributed by atoms with Crippen molar-refractivity contribution >= 4 is 12.1 Å². The van der Waals surface area contributed by atoms with E-state index in [1.54, 1.807) is 4.68 Å². The highest BCUT2D eigenvalue weighted by atomic mass is 16.7. The molecule has 3 saturated carbocycles. The molecule has 6 rings (SSSR count). The average molecular weight is 726 g/mol. The molecular weight excluding hydrogens is 658 g/mol. The molecule has 0 aromatic carbocycles. The Kier molecular flexibility index (Phi) is 10.1. The van der Waals surface area contributed by atoms with Gasteiger partial charge in [-0.15, -0.1) is 0 Å². The van der Waals surface area contributed by atoms with Gasteiger partial charge >= 0.3 is 6.16 Å². The minimum absolute atomic E-state index is 0.151. The molecule has 11 heteroatoms. The molecule has 0 unspecified atom stereocenters. The lowest BCUT2D eigenvalue weighted by Gasteiger charge is -2.71. The van der Waals surface area contributed by atoms with Crippen LogP contribution in [0.1, 0.15) is 131 Å². The monoisotopic (exact) mass is 726 g/mol. The van der Waals surface area contributed by atoms with Crippen LogP contribution in [0.4, 0.5) is 4.79 Å². The van der Waals surface area contributed by atoms with E-state index in [0.29, 0.717) is 38.1 Å². The number of amides is 1. The molecule has 0 spiro atoms. The highest BCUT2D eigenvalue weighted by molar-refractivity contribution is 5.89. The van der Waals surface area contributed by atoms with Crippen molar-refractivity contribution in [1.29, 1.82) is 0 Å². The quantitative estimate of drug-likeness (QED) is 0.158. The predicted octanol–water partition coefficient (Wildman–Crippen LogP) is 7.28. The van der Waals surface area contributed by atoms with Gasteiger partial charge in [-0.2, -0.15) is 5.10 Å². The molecule has 1 aromatic heterocycles. The van der Waals surface area contributed by atoms with Crippen LogP contribution in [0.5, 0.6) is 0 Å². The second-order valence-corrected chi connectivity index (χ2v) is 19.3. The first-order valence-electron chi connectivity index (χ1n) is 20.0. The maximum atomic E-state index is 12.8. The average Bonchev–Trinajstić information content (AvgIpc) is 3.57. The van der Waals surface area contributed by atoms with Crippen molar-refractivity contribution in [1.82, 2.24) is 20.1 Å². The number of carboxylic acid groups (broad SMARTS) is 1. The van der Waals surface area contributed by atoms with Crippen LogP contribution >= 0.6 is 0 Å². The van der Waals surface area contributed by atoms with Gasteiger partial charge in [-0.05, 0) is 87.0 Å². The standard InChI is InChI=1S/C41H67N5O6/c1-12-44-40(11,25(4)5)21-51-31-29(46-33(32(42)47)43-23-45-46)19-41-22-50-20-37(31,8)30(41)14-13-27-28(41)15-16-39(10)34(52-35(48)49)36(7,26(6)24(2)3)17-18-38(27,39)9/h15,23-27,29-31,34,44H,12-14,16-22H2,1-11H3,(H2,42,47)(H,48,49)/t26-,27+,29-,30+,31+,34-,36-,37-,38-,39-,40+,41+/m1/s1. The molecular formula is C41H67N5O6. The number of fused-ring (bicyclic) bond motifs is 3. The van der Waals surface area contributed by atoms with Gasteiger partial charge in [0.1, 0.15) is 12.4 Å². The van der Waals surface area contributed by atoms with E-state index in [1.807, 2.05) is 0 Å². The van der Waals surface area contributed by atoms with E-state index in [1.165, 1.54) is 11.9 Å². The zero-order chi connectivity index (χ0) is 38.2. The second-order valence-electron chi connectivity index (χ2n) is 19.3. The molecule has 52 heavy (non-hydrogen) atoms. The highest BCUT2D eigenvalue weighted by Crippen LogP contribution is 2.74. The van der Waals surface area contributed by atoms with Crippen molar-refractivity contribution in [3.8, 4) is 0 Å². The van der Waals surface area contributed by atoms with Gasteiger partial charge in [-0.3, -0.25) is 4.79 Å². The first-order valence-corrected chi connectivity index (χ1v) is 20.0. The number of ether oxygens (including phenoxy) is 3. The number of primary amides is 1. The number of hydrogen-bond acceptors (Lipinski definition) is 8. The molecule has 4 fully saturated rings. The van der Waals surface area contributed by atoms with Crippen molar-refractivity contribution in [3.63, 3.8) is 0 Å². The fourth-order valence-corrected chi connectivity index (χ4v) is 12.6. The molecule has 12 atom stereocenters. The van der Waals surface area contributed by atoms with Gasteiger partial charge in [0.05, 0.1) is 32.0 Å². The number of nitrogens with one attached hydrogen (secondary N) is 1. The maximum absolute atomic E-state index is 12.8. The van der Waals surface area contributed by atoms with Crippen LogP contribution in [-0.4, -0.2) is 76.0 Å². The lowest BCUT2D eigenvalue weighted by atomic mass is 9.35. The molecule has 2 heterocycles. The summed E-state index contributed by atoms with van der Waals surface area (Å²) in [7, 11) is 0. The Hall–Kier alpha value is -2.50. The van der Waals surface area contributed by atoms with Gasteiger partial charge in [0.25, 0.3) is 5.91 Å². The van der Waals surface area contributed by atoms with Crippen molar-refractivity contribution in [2.45, 2.75) is 138 Å². The first kappa shape index (κ1) is 39.2. The maximum Gasteiger partial charge on any atom is 0.506 e. The molecule has 2 bridgehead atoms. The Bertz CT molecular complexity index is 1560. The summed E-state index contributed by atoms with van der Waals surface area (Å²) >= 11 is 0. The normalized spacial score (nSPS) is 41.6. The Morgan fingerprint density at radius 3 is 2.44 bits per heavy atom. The van der Waals surface area contributed by atoms with Gasteiger partial charge in [-0.25, -0.2) is 14.5 Å². The summed E-state index contributed by atoms with van der Waals surface area (Å²) in [4.78, 5) is 29.6. The smallest absolute Gasteiger partial charge is 0.450 e. The van der Waals surface area contributed by atoms with E-state index in [9.17, 15) is 14.7 Å². The van der Waals surface area contributed by atoms with Gasteiger partial charge < -0.3 is 30.4 Å². The van der Waals surface area contributed by atoms with Gasteiger partial charge in [0.15, 0.2) is 0 Å². The van der Waals surface area contributed by atoms with Gasteiger partial charge in [0, 0.05) is 27.2 Å². The molecule has 1 amide bonds. The van der Waals surface area contributed by atoms with Crippen LogP contribution in [0.2, 0.25) is 0 Å². The number of allylic oxidation sites excluding steroid dienone is 1.